The number of pyridine rings is 1. The molecule has 33 heavy (non-hydrogen) atoms. The number of benzene rings is 2. The molecule has 4 aromatic rings. The molecule has 168 valence electrons. The maximum Gasteiger partial charge on any atom is 0.298 e. The summed E-state index contributed by atoms with van der Waals surface area (Å²) >= 11 is 0. The van der Waals surface area contributed by atoms with E-state index in [1.165, 1.54) is 18.3 Å². The standard InChI is InChI=1S/C25H23FN4O3/c1-32-20-6-8-23-22(14-20)29-25(33-23)30-11-9-19(10-12-30)28-24(31)17-5-7-21(27-15-17)16-3-2-4-18(26)13-16/h2-8,13-15,19H,9-12H2,1H3,(H,28,31). The van der Waals surface area contributed by atoms with E-state index in [-0.39, 0.29) is 17.8 Å². The Morgan fingerprint density at radius 3 is 2.73 bits per heavy atom. The number of halogens is 1. The summed E-state index contributed by atoms with van der Waals surface area (Å²) in [6.45, 7) is 1.46. The molecule has 1 aliphatic heterocycles. The van der Waals surface area contributed by atoms with E-state index in [1.807, 2.05) is 18.2 Å². The van der Waals surface area contributed by atoms with Crippen LogP contribution in [-0.4, -0.2) is 42.1 Å². The summed E-state index contributed by atoms with van der Waals surface area (Å²) in [5.41, 5.74) is 3.25. The van der Waals surface area contributed by atoms with Gasteiger partial charge in [-0.2, -0.15) is 4.98 Å². The van der Waals surface area contributed by atoms with Crippen LogP contribution in [0.2, 0.25) is 0 Å². The minimum absolute atomic E-state index is 0.0566. The van der Waals surface area contributed by atoms with Gasteiger partial charge in [0, 0.05) is 37.0 Å². The molecule has 1 saturated heterocycles. The molecule has 3 heterocycles. The Hall–Kier alpha value is -3.94. The predicted molar refractivity (Wildman–Crippen MR) is 123 cm³/mol. The second-order valence-corrected chi connectivity index (χ2v) is 8.01. The Bertz CT molecular complexity index is 1280. The van der Waals surface area contributed by atoms with Crippen LogP contribution < -0.4 is 15.0 Å². The molecule has 1 N–H and O–H groups in total. The molecule has 0 radical (unpaired) electrons. The predicted octanol–water partition coefficient (Wildman–Crippen LogP) is 4.44. The molecule has 7 nitrogen and oxygen atoms in total. The first-order valence-corrected chi connectivity index (χ1v) is 10.8. The van der Waals surface area contributed by atoms with Crippen molar-refractivity contribution < 1.29 is 18.3 Å². The molecule has 0 atom stereocenters. The van der Waals surface area contributed by atoms with Gasteiger partial charge < -0.3 is 19.4 Å². The third-order valence-corrected chi connectivity index (χ3v) is 5.83. The Labute approximate surface area is 190 Å². The largest absolute Gasteiger partial charge is 0.497 e. The highest BCUT2D eigenvalue weighted by atomic mass is 19.1. The van der Waals surface area contributed by atoms with E-state index in [0.29, 0.717) is 22.8 Å². The van der Waals surface area contributed by atoms with Crippen molar-refractivity contribution in [3.8, 4) is 17.0 Å². The van der Waals surface area contributed by atoms with Crippen molar-refractivity contribution in [2.75, 3.05) is 25.1 Å². The van der Waals surface area contributed by atoms with Crippen molar-refractivity contribution in [1.29, 1.82) is 0 Å². The summed E-state index contributed by atoms with van der Waals surface area (Å²) in [6, 6.07) is 15.9. The van der Waals surface area contributed by atoms with Crippen LogP contribution in [0.25, 0.3) is 22.4 Å². The van der Waals surface area contributed by atoms with E-state index >= 15 is 0 Å². The number of rotatable bonds is 5. The molecule has 8 heteroatoms. The fourth-order valence-electron chi connectivity index (χ4n) is 3.99. The number of carbonyl (C=O) groups excluding carboxylic acids is 1. The maximum atomic E-state index is 13.4. The molecule has 1 amide bonds. The number of aromatic nitrogens is 2. The van der Waals surface area contributed by atoms with Crippen LogP contribution in [-0.2, 0) is 0 Å². The lowest BCUT2D eigenvalue weighted by molar-refractivity contribution is 0.0930. The zero-order valence-corrected chi connectivity index (χ0v) is 18.1. The molecule has 5 rings (SSSR count). The maximum absolute atomic E-state index is 13.4. The third kappa shape index (κ3) is 4.50. The average Bonchev–Trinajstić information content (AvgIpc) is 3.28. The van der Waals surface area contributed by atoms with E-state index in [0.717, 1.165) is 42.8 Å². The molecule has 2 aromatic carbocycles. The summed E-state index contributed by atoms with van der Waals surface area (Å²) < 4.78 is 24.6. The highest BCUT2D eigenvalue weighted by Crippen LogP contribution is 2.27. The Balaban J connectivity index is 1.18. The van der Waals surface area contributed by atoms with Crippen LogP contribution in [0, 0.1) is 5.82 Å². The van der Waals surface area contributed by atoms with Gasteiger partial charge >= 0.3 is 0 Å². The van der Waals surface area contributed by atoms with Gasteiger partial charge in [0.15, 0.2) is 5.58 Å². The molecule has 1 aliphatic rings. The molecule has 0 aliphatic carbocycles. The number of fused-ring (bicyclic) bond motifs is 1. The quantitative estimate of drug-likeness (QED) is 0.488. The van der Waals surface area contributed by atoms with Gasteiger partial charge in [0.2, 0.25) is 0 Å². The second kappa shape index (κ2) is 8.90. The van der Waals surface area contributed by atoms with Crippen LogP contribution in [0.15, 0.2) is 65.2 Å². The number of oxazole rings is 1. The average molecular weight is 446 g/mol. The molecule has 0 saturated carbocycles. The number of carbonyl (C=O) groups is 1. The van der Waals surface area contributed by atoms with E-state index in [1.54, 1.807) is 31.4 Å². The first-order chi connectivity index (χ1) is 16.1. The van der Waals surface area contributed by atoms with Gasteiger partial charge in [0.1, 0.15) is 17.1 Å². The minimum Gasteiger partial charge on any atom is -0.497 e. The number of methoxy groups -OCH3 is 1. The molecular formula is C25H23FN4O3. The highest BCUT2D eigenvalue weighted by molar-refractivity contribution is 5.94. The zero-order chi connectivity index (χ0) is 22.8. The van der Waals surface area contributed by atoms with Crippen molar-refractivity contribution >= 4 is 23.0 Å². The van der Waals surface area contributed by atoms with Gasteiger partial charge in [-0.15, -0.1) is 0 Å². The van der Waals surface area contributed by atoms with Gasteiger partial charge in [-0.1, -0.05) is 12.1 Å². The number of piperidine rings is 1. The number of anilines is 1. The SMILES string of the molecule is COc1ccc2oc(N3CCC(NC(=O)c4ccc(-c5cccc(F)c5)nc4)CC3)nc2c1. The summed E-state index contributed by atoms with van der Waals surface area (Å²) in [7, 11) is 1.62. The van der Waals surface area contributed by atoms with Crippen LogP contribution >= 0.6 is 0 Å². The van der Waals surface area contributed by atoms with E-state index < -0.39 is 0 Å². The molecule has 1 fully saturated rings. The van der Waals surface area contributed by atoms with Crippen molar-refractivity contribution in [3.05, 3.63) is 72.2 Å². The van der Waals surface area contributed by atoms with Gasteiger partial charge in [0.25, 0.3) is 11.9 Å². The van der Waals surface area contributed by atoms with Crippen molar-refractivity contribution in [2.45, 2.75) is 18.9 Å². The summed E-state index contributed by atoms with van der Waals surface area (Å²) in [5.74, 6) is 0.253. The molecule has 0 bridgehead atoms. The van der Waals surface area contributed by atoms with Crippen LogP contribution in [0.1, 0.15) is 23.2 Å². The second-order valence-electron chi connectivity index (χ2n) is 8.01. The topological polar surface area (TPSA) is 80.5 Å². The van der Waals surface area contributed by atoms with E-state index in [9.17, 15) is 9.18 Å². The van der Waals surface area contributed by atoms with Gasteiger partial charge in [-0.3, -0.25) is 9.78 Å². The number of nitrogens with one attached hydrogen (secondary N) is 1. The van der Waals surface area contributed by atoms with Crippen molar-refractivity contribution in [1.82, 2.24) is 15.3 Å². The lowest BCUT2D eigenvalue weighted by Gasteiger charge is -2.31. The third-order valence-electron chi connectivity index (χ3n) is 5.83. The van der Waals surface area contributed by atoms with Crippen molar-refractivity contribution in [2.24, 2.45) is 0 Å². The first kappa shape index (κ1) is 20.9. The molecule has 2 aromatic heterocycles. The Morgan fingerprint density at radius 1 is 1.15 bits per heavy atom. The zero-order valence-electron chi connectivity index (χ0n) is 18.1. The lowest BCUT2D eigenvalue weighted by Crippen LogP contribution is -2.44. The van der Waals surface area contributed by atoms with Crippen LogP contribution in [0.4, 0.5) is 10.4 Å². The first-order valence-electron chi connectivity index (χ1n) is 10.8. The summed E-state index contributed by atoms with van der Waals surface area (Å²) in [5, 5.41) is 3.08. The molecular weight excluding hydrogens is 423 g/mol. The van der Waals surface area contributed by atoms with Gasteiger partial charge in [0.05, 0.1) is 18.4 Å². The monoisotopic (exact) mass is 446 g/mol. The minimum atomic E-state index is -0.319. The summed E-state index contributed by atoms with van der Waals surface area (Å²) in [4.78, 5) is 23.7. The number of amides is 1. The number of hydrogen-bond donors (Lipinski definition) is 1. The Morgan fingerprint density at radius 2 is 2.00 bits per heavy atom. The van der Waals surface area contributed by atoms with Gasteiger partial charge in [-0.05, 0) is 49.2 Å². The molecule has 0 spiro atoms. The Kier molecular flexibility index (Phi) is 5.64. The van der Waals surface area contributed by atoms with Gasteiger partial charge in [-0.25, -0.2) is 4.39 Å². The smallest absolute Gasteiger partial charge is 0.298 e. The highest BCUT2D eigenvalue weighted by Gasteiger charge is 2.24. The normalized spacial score (nSPS) is 14.4. The number of hydrogen-bond acceptors (Lipinski definition) is 6. The summed E-state index contributed by atoms with van der Waals surface area (Å²) in [6.07, 6.45) is 3.09. The van der Waals surface area contributed by atoms with Crippen molar-refractivity contribution in [3.63, 3.8) is 0 Å². The van der Waals surface area contributed by atoms with Crippen LogP contribution in [0.3, 0.4) is 0 Å². The van der Waals surface area contributed by atoms with E-state index in [4.69, 9.17) is 9.15 Å². The number of ether oxygens (including phenoxy) is 1. The number of nitrogens with zero attached hydrogens (tertiary/aromatic N) is 3. The van der Waals surface area contributed by atoms with E-state index in [2.05, 4.69) is 20.2 Å². The fraction of sp³-hybridized carbons (Fsp3) is 0.240. The van der Waals surface area contributed by atoms with Crippen LogP contribution in [0.5, 0.6) is 5.75 Å². The fourth-order valence-corrected chi connectivity index (χ4v) is 3.99. The molecule has 0 unspecified atom stereocenters. The lowest BCUT2D eigenvalue weighted by atomic mass is 10.0.